The van der Waals surface area contributed by atoms with Crippen LogP contribution in [0, 0.1) is 0 Å². The molecule has 2 amide bonds. The highest BCUT2D eigenvalue weighted by Crippen LogP contribution is 2.35. The van der Waals surface area contributed by atoms with E-state index in [-0.39, 0.29) is 17.9 Å². The number of nitrogens with one attached hydrogen (secondary N) is 1. The van der Waals surface area contributed by atoms with Crippen molar-refractivity contribution in [3.05, 3.63) is 59.7 Å². The minimum Gasteiger partial charge on any atom is -0.493 e. The van der Waals surface area contributed by atoms with Crippen molar-refractivity contribution in [2.75, 3.05) is 19.0 Å². The number of hydrogen-bond donors (Lipinski definition) is 1. The third kappa shape index (κ3) is 3.25. The van der Waals surface area contributed by atoms with Gasteiger partial charge in [0, 0.05) is 37.2 Å². The monoisotopic (exact) mass is 324 g/mol. The van der Waals surface area contributed by atoms with Crippen LogP contribution in [0.15, 0.2) is 48.5 Å². The molecule has 5 heteroatoms. The van der Waals surface area contributed by atoms with Crippen molar-refractivity contribution >= 4 is 17.5 Å². The van der Waals surface area contributed by atoms with E-state index >= 15 is 0 Å². The van der Waals surface area contributed by atoms with Gasteiger partial charge in [0.2, 0.25) is 5.91 Å². The van der Waals surface area contributed by atoms with Crippen LogP contribution in [-0.4, -0.2) is 30.4 Å². The number of fused-ring (bicyclic) bond motifs is 1. The van der Waals surface area contributed by atoms with Gasteiger partial charge in [-0.3, -0.25) is 9.59 Å². The van der Waals surface area contributed by atoms with Crippen molar-refractivity contribution in [2.24, 2.45) is 0 Å². The van der Waals surface area contributed by atoms with Crippen molar-refractivity contribution in [3.8, 4) is 5.75 Å². The van der Waals surface area contributed by atoms with E-state index in [0.29, 0.717) is 17.9 Å². The van der Waals surface area contributed by atoms with Crippen molar-refractivity contribution in [2.45, 2.75) is 19.4 Å². The summed E-state index contributed by atoms with van der Waals surface area (Å²) in [4.78, 5) is 25.6. The summed E-state index contributed by atoms with van der Waals surface area (Å²) in [7, 11) is 1.82. The molecule has 1 aliphatic heterocycles. The predicted molar refractivity (Wildman–Crippen MR) is 92.1 cm³/mol. The molecule has 0 saturated carbocycles. The van der Waals surface area contributed by atoms with Crippen molar-refractivity contribution < 1.29 is 14.3 Å². The number of anilines is 1. The maximum absolute atomic E-state index is 12.8. The second kappa shape index (κ2) is 6.74. The number of carbonyl (C=O) groups excluding carboxylic acids is 2. The van der Waals surface area contributed by atoms with Gasteiger partial charge < -0.3 is 15.0 Å². The zero-order chi connectivity index (χ0) is 17.1. The van der Waals surface area contributed by atoms with E-state index in [0.717, 1.165) is 17.7 Å². The Kier molecular flexibility index (Phi) is 4.51. The summed E-state index contributed by atoms with van der Waals surface area (Å²) in [5.74, 6) is 0.658. The standard InChI is InChI=1S/C19H20N2O3/c1-13(22)20-15-9-7-14(8-10-15)19(23)21(2)17-11-12-24-18-6-4-3-5-16(17)18/h3-10,17H,11-12H2,1-2H3,(H,20,22). The van der Waals surface area contributed by atoms with E-state index in [1.54, 1.807) is 29.2 Å². The summed E-state index contributed by atoms with van der Waals surface area (Å²) in [5.41, 5.74) is 2.31. The number of rotatable bonds is 3. The lowest BCUT2D eigenvalue weighted by molar-refractivity contribution is -0.114. The van der Waals surface area contributed by atoms with Crippen LogP contribution < -0.4 is 10.1 Å². The van der Waals surface area contributed by atoms with Crippen LogP contribution in [0.5, 0.6) is 5.75 Å². The molecule has 0 bridgehead atoms. The van der Waals surface area contributed by atoms with Gasteiger partial charge in [-0.25, -0.2) is 0 Å². The van der Waals surface area contributed by atoms with Gasteiger partial charge in [-0.2, -0.15) is 0 Å². The van der Waals surface area contributed by atoms with Crippen LogP contribution >= 0.6 is 0 Å². The molecule has 1 N–H and O–H groups in total. The fourth-order valence-corrected chi connectivity index (χ4v) is 2.97. The molecule has 0 fully saturated rings. The number of carbonyl (C=O) groups is 2. The zero-order valence-corrected chi connectivity index (χ0v) is 13.8. The first-order valence-electron chi connectivity index (χ1n) is 7.93. The highest BCUT2D eigenvalue weighted by atomic mass is 16.5. The Bertz CT molecular complexity index is 755. The summed E-state index contributed by atoms with van der Waals surface area (Å²) < 4.78 is 5.66. The lowest BCUT2D eigenvalue weighted by Crippen LogP contribution is -2.34. The zero-order valence-electron chi connectivity index (χ0n) is 13.8. The van der Waals surface area contributed by atoms with Crippen LogP contribution in [-0.2, 0) is 4.79 Å². The van der Waals surface area contributed by atoms with Gasteiger partial charge in [-0.1, -0.05) is 18.2 Å². The highest BCUT2D eigenvalue weighted by molar-refractivity contribution is 5.95. The molecular formula is C19H20N2O3. The van der Waals surface area contributed by atoms with E-state index < -0.39 is 0 Å². The maximum atomic E-state index is 12.8. The van der Waals surface area contributed by atoms with Crippen molar-refractivity contribution in [1.82, 2.24) is 4.90 Å². The Morgan fingerprint density at radius 2 is 1.83 bits per heavy atom. The third-order valence-electron chi connectivity index (χ3n) is 4.17. The van der Waals surface area contributed by atoms with Gasteiger partial charge in [-0.15, -0.1) is 0 Å². The van der Waals surface area contributed by atoms with Crippen LogP contribution in [0.3, 0.4) is 0 Å². The van der Waals surface area contributed by atoms with Gasteiger partial charge in [0.05, 0.1) is 12.6 Å². The molecule has 24 heavy (non-hydrogen) atoms. The topological polar surface area (TPSA) is 58.6 Å². The molecular weight excluding hydrogens is 304 g/mol. The summed E-state index contributed by atoms with van der Waals surface area (Å²) in [6.45, 7) is 2.05. The minimum atomic E-state index is -0.134. The number of hydrogen-bond acceptors (Lipinski definition) is 3. The second-order valence-corrected chi connectivity index (χ2v) is 5.87. The Balaban J connectivity index is 1.79. The van der Waals surface area contributed by atoms with Crippen molar-refractivity contribution in [1.29, 1.82) is 0 Å². The average Bonchev–Trinajstić information content (AvgIpc) is 2.60. The average molecular weight is 324 g/mol. The van der Waals surface area contributed by atoms with Gasteiger partial charge in [0.1, 0.15) is 5.75 Å². The second-order valence-electron chi connectivity index (χ2n) is 5.87. The van der Waals surface area contributed by atoms with Gasteiger partial charge >= 0.3 is 0 Å². The third-order valence-corrected chi connectivity index (χ3v) is 4.17. The number of ether oxygens (including phenoxy) is 1. The SMILES string of the molecule is CC(=O)Nc1ccc(C(=O)N(C)C2CCOc3ccccc32)cc1. The smallest absolute Gasteiger partial charge is 0.254 e. The first kappa shape index (κ1) is 16.1. The molecule has 5 nitrogen and oxygen atoms in total. The number of para-hydroxylation sites is 1. The Labute approximate surface area is 141 Å². The lowest BCUT2D eigenvalue weighted by Gasteiger charge is -2.33. The first-order valence-corrected chi connectivity index (χ1v) is 7.93. The molecule has 2 aromatic carbocycles. The van der Waals surface area contributed by atoms with E-state index in [1.165, 1.54) is 6.92 Å². The Morgan fingerprint density at radius 1 is 1.12 bits per heavy atom. The number of nitrogens with zero attached hydrogens (tertiary/aromatic N) is 1. The molecule has 1 heterocycles. The predicted octanol–water partition coefficient (Wildman–Crippen LogP) is 3.24. The molecule has 1 unspecified atom stereocenters. The van der Waals surface area contributed by atoms with Gasteiger partial charge in [-0.05, 0) is 30.3 Å². The fourth-order valence-electron chi connectivity index (χ4n) is 2.97. The van der Waals surface area contributed by atoms with Crippen LogP contribution in [0.2, 0.25) is 0 Å². The summed E-state index contributed by atoms with van der Waals surface area (Å²) in [6.07, 6.45) is 0.767. The van der Waals surface area contributed by atoms with E-state index in [9.17, 15) is 9.59 Å². The van der Waals surface area contributed by atoms with E-state index in [4.69, 9.17) is 4.74 Å². The van der Waals surface area contributed by atoms with E-state index in [1.807, 2.05) is 31.3 Å². The van der Waals surface area contributed by atoms with Crippen molar-refractivity contribution in [3.63, 3.8) is 0 Å². The number of amides is 2. The lowest BCUT2D eigenvalue weighted by atomic mass is 9.98. The molecule has 2 aromatic rings. The van der Waals surface area contributed by atoms with Gasteiger partial charge in [0.25, 0.3) is 5.91 Å². The van der Waals surface area contributed by atoms with E-state index in [2.05, 4.69) is 5.32 Å². The first-order chi connectivity index (χ1) is 11.6. The Hall–Kier alpha value is -2.82. The summed E-state index contributed by atoms with van der Waals surface area (Å²) >= 11 is 0. The quantitative estimate of drug-likeness (QED) is 0.943. The fraction of sp³-hybridized carbons (Fsp3) is 0.263. The molecule has 124 valence electrons. The maximum Gasteiger partial charge on any atom is 0.254 e. The number of benzene rings is 2. The molecule has 0 radical (unpaired) electrons. The normalized spacial score (nSPS) is 15.8. The molecule has 0 aromatic heterocycles. The minimum absolute atomic E-state index is 0.00234. The molecule has 0 spiro atoms. The highest BCUT2D eigenvalue weighted by Gasteiger charge is 2.28. The van der Waals surface area contributed by atoms with Crippen LogP contribution in [0.4, 0.5) is 5.69 Å². The molecule has 1 aliphatic rings. The Morgan fingerprint density at radius 3 is 2.54 bits per heavy atom. The molecule has 0 saturated heterocycles. The molecule has 0 aliphatic carbocycles. The van der Waals surface area contributed by atoms with Crippen LogP contribution in [0.1, 0.15) is 35.3 Å². The summed E-state index contributed by atoms with van der Waals surface area (Å²) in [5, 5.41) is 2.70. The molecule has 3 rings (SSSR count). The van der Waals surface area contributed by atoms with Crippen LogP contribution in [0.25, 0.3) is 0 Å². The molecule has 1 atom stereocenters. The summed E-state index contributed by atoms with van der Waals surface area (Å²) in [6, 6.07) is 14.8. The van der Waals surface area contributed by atoms with Gasteiger partial charge in [0.15, 0.2) is 0 Å². The largest absolute Gasteiger partial charge is 0.493 e.